The lowest BCUT2D eigenvalue weighted by molar-refractivity contribution is 0.850. The summed E-state index contributed by atoms with van der Waals surface area (Å²) in [5.41, 5.74) is 4.95. The van der Waals surface area contributed by atoms with E-state index >= 15 is 0 Å². The van der Waals surface area contributed by atoms with Gasteiger partial charge in [-0.25, -0.2) is 4.98 Å². The molecule has 6 N–H and O–H groups in total. The van der Waals surface area contributed by atoms with Crippen molar-refractivity contribution in [3.63, 3.8) is 0 Å². The summed E-state index contributed by atoms with van der Waals surface area (Å²) in [4.78, 5) is 24.1. The van der Waals surface area contributed by atoms with Gasteiger partial charge >= 0.3 is 0 Å². The SMILES string of the molecule is NNNc1nc2nc[nH]c2c(=O)[nH]1. The lowest BCUT2D eigenvalue weighted by atomic mass is 10.5. The van der Waals surface area contributed by atoms with E-state index in [4.69, 9.17) is 5.84 Å². The van der Waals surface area contributed by atoms with Gasteiger partial charge in [0, 0.05) is 0 Å². The van der Waals surface area contributed by atoms with E-state index in [1.54, 1.807) is 0 Å². The first kappa shape index (κ1) is 7.71. The minimum atomic E-state index is -0.305. The topological polar surface area (TPSA) is 125 Å². The minimum absolute atomic E-state index is 0.215. The number of anilines is 1. The van der Waals surface area contributed by atoms with Crippen molar-refractivity contribution >= 4 is 17.1 Å². The summed E-state index contributed by atoms with van der Waals surface area (Å²) in [6, 6.07) is 0. The molecule has 0 radical (unpaired) electrons. The average Bonchev–Trinajstić information content (AvgIpc) is 2.53. The molecule has 2 rings (SSSR count). The molecule has 0 saturated carbocycles. The number of hydrazine groups is 2. The average molecular weight is 181 g/mol. The summed E-state index contributed by atoms with van der Waals surface area (Å²) in [5.74, 6) is 5.19. The number of H-pyrrole nitrogens is 2. The van der Waals surface area contributed by atoms with Gasteiger partial charge < -0.3 is 4.98 Å². The third-order valence-electron chi connectivity index (χ3n) is 1.49. The number of rotatable bonds is 2. The maximum Gasteiger partial charge on any atom is 0.278 e. The second kappa shape index (κ2) is 2.84. The molecule has 8 heteroatoms. The molecule has 2 aromatic rings. The third-order valence-corrected chi connectivity index (χ3v) is 1.49. The summed E-state index contributed by atoms with van der Waals surface area (Å²) in [7, 11) is 0. The molecule has 0 bridgehead atoms. The Bertz CT molecular complexity index is 471. The molecular formula is C5H7N7O. The zero-order chi connectivity index (χ0) is 9.26. The normalized spacial score (nSPS) is 10.5. The van der Waals surface area contributed by atoms with Gasteiger partial charge in [-0.15, -0.1) is 0 Å². The van der Waals surface area contributed by atoms with Gasteiger partial charge in [-0.05, 0) is 0 Å². The number of hydrogen-bond acceptors (Lipinski definition) is 6. The number of nitrogens with one attached hydrogen (secondary N) is 4. The predicted octanol–water partition coefficient (Wildman–Crippen LogP) is -1.56. The van der Waals surface area contributed by atoms with Crippen LogP contribution >= 0.6 is 0 Å². The Morgan fingerprint density at radius 1 is 1.54 bits per heavy atom. The molecule has 0 aliphatic carbocycles. The van der Waals surface area contributed by atoms with E-state index in [0.29, 0.717) is 11.2 Å². The minimum Gasteiger partial charge on any atom is -0.339 e. The van der Waals surface area contributed by atoms with Gasteiger partial charge in [0.1, 0.15) is 0 Å². The molecule has 8 nitrogen and oxygen atoms in total. The Labute approximate surface area is 71.5 Å². The van der Waals surface area contributed by atoms with Crippen molar-refractivity contribution in [1.29, 1.82) is 0 Å². The van der Waals surface area contributed by atoms with Crippen LogP contribution in [0.5, 0.6) is 0 Å². The molecule has 0 aromatic carbocycles. The van der Waals surface area contributed by atoms with Gasteiger partial charge in [0.05, 0.1) is 6.33 Å². The number of aromatic amines is 2. The van der Waals surface area contributed by atoms with E-state index in [9.17, 15) is 4.79 Å². The maximum atomic E-state index is 11.3. The fourth-order valence-corrected chi connectivity index (χ4v) is 0.970. The van der Waals surface area contributed by atoms with Crippen LogP contribution in [0.3, 0.4) is 0 Å². The molecule has 2 aromatic heterocycles. The van der Waals surface area contributed by atoms with E-state index in [1.165, 1.54) is 6.33 Å². The smallest absolute Gasteiger partial charge is 0.278 e. The van der Waals surface area contributed by atoms with Gasteiger partial charge in [0.25, 0.3) is 5.56 Å². The van der Waals surface area contributed by atoms with Crippen LogP contribution in [0.1, 0.15) is 0 Å². The van der Waals surface area contributed by atoms with Gasteiger partial charge in [-0.3, -0.25) is 21.0 Å². The van der Waals surface area contributed by atoms with Crippen LogP contribution in [-0.2, 0) is 0 Å². The summed E-state index contributed by atoms with van der Waals surface area (Å²) in [6.45, 7) is 0. The van der Waals surface area contributed by atoms with E-state index in [2.05, 4.69) is 30.9 Å². The highest BCUT2D eigenvalue weighted by Crippen LogP contribution is 2.00. The lowest BCUT2D eigenvalue weighted by Crippen LogP contribution is -2.31. The van der Waals surface area contributed by atoms with Crippen LogP contribution in [0.4, 0.5) is 5.95 Å². The second-order valence-corrected chi connectivity index (χ2v) is 2.29. The van der Waals surface area contributed by atoms with Gasteiger partial charge in [0.15, 0.2) is 11.2 Å². The van der Waals surface area contributed by atoms with Crippen molar-refractivity contribution in [1.82, 2.24) is 25.5 Å². The molecule has 0 amide bonds. The monoisotopic (exact) mass is 181 g/mol. The van der Waals surface area contributed by atoms with E-state index < -0.39 is 0 Å². The molecule has 0 atom stereocenters. The molecule has 0 aliphatic heterocycles. The quantitative estimate of drug-likeness (QED) is 0.282. The highest BCUT2D eigenvalue weighted by atomic mass is 16.1. The number of aromatic nitrogens is 4. The Hall–Kier alpha value is -1.93. The first-order valence-electron chi connectivity index (χ1n) is 3.46. The highest BCUT2D eigenvalue weighted by molar-refractivity contribution is 5.69. The summed E-state index contributed by atoms with van der Waals surface area (Å²) < 4.78 is 0. The molecule has 0 fully saturated rings. The molecule has 68 valence electrons. The molecule has 13 heavy (non-hydrogen) atoms. The molecule has 0 unspecified atom stereocenters. The van der Waals surface area contributed by atoms with Crippen LogP contribution in [0.2, 0.25) is 0 Å². The number of nitrogens with two attached hydrogens (primary N) is 1. The Balaban J connectivity index is 2.63. The fraction of sp³-hybridized carbons (Fsp3) is 0. The van der Waals surface area contributed by atoms with Gasteiger partial charge in [0.2, 0.25) is 5.95 Å². The number of imidazole rings is 1. The predicted molar refractivity (Wildman–Crippen MR) is 45.5 cm³/mol. The number of nitrogens with zero attached hydrogens (tertiary/aromatic N) is 2. The van der Waals surface area contributed by atoms with Crippen molar-refractivity contribution in [3.05, 3.63) is 16.7 Å². The van der Waals surface area contributed by atoms with E-state index in [0.717, 1.165) is 0 Å². The van der Waals surface area contributed by atoms with Crippen molar-refractivity contribution in [2.45, 2.75) is 0 Å². The molecular weight excluding hydrogens is 174 g/mol. The Morgan fingerprint density at radius 2 is 2.38 bits per heavy atom. The maximum absolute atomic E-state index is 11.3. The van der Waals surface area contributed by atoms with Gasteiger partial charge in [-0.2, -0.15) is 10.5 Å². The van der Waals surface area contributed by atoms with Crippen molar-refractivity contribution in [2.24, 2.45) is 5.84 Å². The zero-order valence-electron chi connectivity index (χ0n) is 6.46. The first-order valence-corrected chi connectivity index (χ1v) is 3.46. The number of fused-ring (bicyclic) bond motifs is 1. The standard InChI is InChI=1S/C5H7N7O/c6-12-11-5-9-3-2(4(13)10-5)7-1-8-3/h1,12H,6H2,(H3,7,8,9,10,11,13). The van der Waals surface area contributed by atoms with Crippen molar-refractivity contribution in [3.8, 4) is 0 Å². The Kier molecular flexibility index (Phi) is 1.69. The molecule has 0 aliphatic rings. The van der Waals surface area contributed by atoms with Crippen molar-refractivity contribution in [2.75, 3.05) is 5.43 Å². The summed E-state index contributed by atoms with van der Waals surface area (Å²) >= 11 is 0. The Morgan fingerprint density at radius 3 is 3.15 bits per heavy atom. The first-order chi connectivity index (χ1) is 6.31. The molecule has 0 saturated heterocycles. The van der Waals surface area contributed by atoms with Gasteiger partial charge in [-0.1, -0.05) is 0 Å². The summed E-state index contributed by atoms with van der Waals surface area (Å²) in [6.07, 6.45) is 1.40. The third kappa shape index (κ3) is 1.23. The zero-order valence-corrected chi connectivity index (χ0v) is 6.46. The van der Waals surface area contributed by atoms with E-state index in [1.807, 2.05) is 0 Å². The number of hydrogen-bond donors (Lipinski definition) is 5. The molecule has 2 heterocycles. The molecule has 0 spiro atoms. The van der Waals surface area contributed by atoms with Crippen LogP contribution < -0.4 is 22.4 Å². The summed E-state index contributed by atoms with van der Waals surface area (Å²) in [5, 5.41) is 0. The lowest BCUT2D eigenvalue weighted by Gasteiger charge is -2.00. The largest absolute Gasteiger partial charge is 0.339 e. The highest BCUT2D eigenvalue weighted by Gasteiger charge is 2.03. The fourth-order valence-electron chi connectivity index (χ4n) is 0.970. The van der Waals surface area contributed by atoms with Crippen LogP contribution in [-0.4, -0.2) is 19.9 Å². The van der Waals surface area contributed by atoms with Crippen LogP contribution in [0.25, 0.3) is 11.2 Å². The van der Waals surface area contributed by atoms with Crippen LogP contribution in [0.15, 0.2) is 11.1 Å². The second-order valence-electron chi connectivity index (χ2n) is 2.29. The van der Waals surface area contributed by atoms with E-state index in [-0.39, 0.29) is 11.5 Å². The van der Waals surface area contributed by atoms with Crippen molar-refractivity contribution < 1.29 is 0 Å². The van der Waals surface area contributed by atoms with Crippen LogP contribution in [0, 0.1) is 0 Å².